The summed E-state index contributed by atoms with van der Waals surface area (Å²) in [7, 11) is 0. The van der Waals surface area contributed by atoms with E-state index in [0.29, 0.717) is 0 Å². The van der Waals surface area contributed by atoms with E-state index in [1.807, 2.05) is 0 Å². The topological polar surface area (TPSA) is 35.2 Å². The predicted octanol–water partition coefficient (Wildman–Crippen LogP) is 0.513. The van der Waals surface area contributed by atoms with Crippen molar-refractivity contribution in [3.63, 3.8) is 0 Å². The molecule has 48 valence electrons. The van der Waals surface area contributed by atoms with Crippen molar-refractivity contribution in [2.24, 2.45) is 5.73 Å². The molecule has 1 aliphatic rings. The first-order valence-electron chi connectivity index (χ1n) is 3.00. The summed E-state index contributed by atoms with van der Waals surface area (Å²) in [6, 6.07) is 0.269. The van der Waals surface area contributed by atoms with Gasteiger partial charge >= 0.3 is 0 Å². The highest BCUT2D eigenvalue weighted by Gasteiger charge is 2.29. The maximum absolute atomic E-state index is 5.59. The van der Waals surface area contributed by atoms with Crippen LogP contribution in [0, 0.1) is 0 Å². The summed E-state index contributed by atoms with van der Waals surface area (Å²) in [4.78, 5) is 0. The van der Waals surface area contributed by atoms with Crippen LogP contribution < -0.4 is 5.73 Å². The first-order valence-corrected chi connectivity index (χ1v) is 3.00. The van der Waals surface area contributed by atoms with Gasteiger partial charge in [-0.3, -0.25) is 0 Å². The van der Waals surface area contributed by atoms with Crippen molar-refractivity contribution in [2.45, 2.75) is 31.9 Å². The lowest BCUT2D eigenvalue weighted by Crippen LogP contribution is -2.22. The van der Waals surface area contributed by atoms with E-state index in [1.54, 1.807) is 0 Å². The molecule has 0 aromatic carbocycles. The minimum Gasteiger partial charge on any atom is -0.374 e. The second-order valence-corrected chi connectivity index (χ2v) is 3.03. The molecule has 0 aromatic rings. The SMILES string of the molecule is CC1(C)CC(N)CO1. The Morgan fingerprint density at radius 1 is 1.62 bits per heavy atom. The zero-order valence-electron chi connectivity index (χ0n) is 5.48. The minimum absolute atomic E-state index is 0.0411. The summed E-state index contributed by atoms with van der Waals surface area (Å²) in [6.45, 7) is 4.87. The number of hydrogen-bond donors (Lipinski definition) is 1. The molecule has 0 bridgehead atoms. The second kappa shape index (κ2) is 1.71. The fourth-order valence-corrected chi connectivity index (χ4v) is 1.08. The molecular formula is C6H13NO. The van der Waals surface area contributed by atoms with Gasteiger partial charge in [0.05, 0.1) is 12.2 Å². The summed E-state index contributed by atoms with van der Waals surface area (Å²) >= 11 is 0. The fraction of sp³-hybridized carbons (Fsp3) is 1.00. The van der Waals surface area contributed by atoms with Crippen molar-refractivity contribution in [3.8, 4) is 0 Å². The van der Waals surface area contributed by atoms with E-state index in [9.17, 15) is 0 Å². The Balaban J connectivity index is 2.44. The Hall–Kier alpha value is -0.0800. The van der Waals surface area contributed by atoms with Crippen LogP contribution in [0.3, 0.4) is 0 Å². The normalized spacial score (nSPS) is 35.6. The number of nitrogens with two attached hydrogens (primary N) is 1. The maximum Gasteiger partial charge on any atom is 0.0642 e. The van der Waals surface area contributed by atoms with Gasteiger partial charge in [-0.2, -0.15) is 0 Å². The molecule has 0 aromatic heterocycles. The van der Waals surface area contributed by atoms with Crippen LogP contribution >= 0.6 is 0 Å². The molecule has 0 aliphatic carbocycles. The van der Waals surface area contributed by atoms with Gasteiger partial charge in [0.1, 0.15) is 0 Å². The molecule has 1 rings (SSSR count). The molecule has 0 spiro atoms. The van der Waals surface area contributed by atoms with Crippen molar-refractivity contribution in [2.75, 3.05) is 6.61 Å². The van der Waals surface area contributed by atoms with E-state index in [1.165, 1.54) is 0 Å². The number of rotatable bonds is 0. The molecular weight excluding hydrogens is 102 g/mol. The van der Waals surface area contributed by atoms with Gasteiger partial charge in [0, 0.05) is 6.04 Å². The van der Waals surface area contributed by atoms with Crippen molar-refractivity contribution < 1.29 is 4.74 Å². The Morgan fingerprint density at radius 2 is 2.25 bits per heavy atom. The van der Waals surface area contributed by atoms with Gasteiger partial charge in [0.2, 0.25) is 0 Å². The van der Waals surface area contributed by atoms with Crippen molar-refractivity contribution in [1.82, 2.24) is 0 Å². The van der Waals surface area contributed by atoms with E-state index in [-0.39, 0.29) is 11.6 Å². The van der Waals surface area contributed by atoms with Gasteiger partial charge in [-0.1, -0.05) is 0 Å². The maximum atomic E-state index is 5.59. The van der Waals surface area contributed by atoms with E-state index in [2.05, 4.69) is 13.8 Å². The first kappa shape index (κ1) is 6.05. The van der Waals surface area contributed by atoms with Crippen molar-refractivity contribution >= 4 is 0 Å². The third kappa shape index (κ3) is 1.20. The molecule has 2 N–H and O–H groups in total. The van der Waals surface area contributed by atoms with Crippen molar-refractivity contribution in [1.29, 1.82) is 0 Å². The highest BCUT2D eigenvalue weighted by atomic mass is 16.5. The van der Waals surface area contributed by atoms with Crippen LogP contribution in [0.1, 0.15) is 20.3 Å². The monoisotopic (exact) mass is 115 g/mol. The highest BCUT2D eigenvalue weighted by molar-refractivity contribution is 4.82. The minimum atomic E-state index is 0.0411. The van der Waals surface area contributed by atoms with Crippen LogP contribution in [0.4, 0.5) is 0 Å². The molecule has 1 fully saturated rings. The van der Waals surface area contributed by atoms with Crippen LogP contribution in [-0.2, 0) is 4.74 Å². The molecule has 1 unspecified atom stereocenters. The summed E-state index contributed by atoms with van der Waals surface area (Å²) in [5.41, 5.74) is 5.63. The lowest BCUT2D eigenvalue weighted by Gasteiger charge is -2.14. The molecule has 2 nitrogen and oxygen atoms in total. The van der Waals surface area contributed by atoms with Gasteiger partial charge in [-0.15, -0.1) is 0 Å². The van der Waals surface area contributed by atoms with Crippen LogP contribution in [-0.4, -0.2) is 18.2 Å². The predicted molar refractivity (Wildman–Crippen MR) is 32.6 cm³/mol. The Labute approximate surface area is 50.0 Å². The van der Waals surface area contributed by atoms with Gasteiger partial charge < -0.3 is 10.5 Å². The van der Waals surface area contributed by atoms with Gasteiger partial charge in [0.25, 0.3) is 0 Å². The zero-order valence-corrected chi connectivity index (χ0v) is 5.48. The molecule has 8 heavy (non-hydrogen) atoms. The smallest absolute Gasteiger partial charge is 0.0642 e. The quantitative estimate of drug-likeness (QED) is 0.499. The summed E-state index contributed by atoms with van der Waals surface area (Å²) in [5, 5.41) is 0. The lowest BCUT2D eigenvalue weighted by molar-refractivity contribution is 0.0361. The summed E-state index contributed by atoms with van der Waals surface area (Å²) < 4.78 is 5.33. The summed E-state index contributed by atoms with van der Waals surface area (Å²) in [5.74, 6) is 0. The third-order valence-corrected chi connectivity index (χ3v) is 1.44. The largest absolute Gasteiger partial charge is 0.374 e. The van der Waals surface area contributed by atoms with E-state index in [4.69, 9.17) is 10.5 Å². The average molecular weight is 115 g/mol. The van der Waals surface area contributed by atoms with Gasteiger partial charge in [-0.25, -0.2) is 0 Å². The zero-order chi connectivity index (χ0) is 6.20. The molecule has 1 heterocycles. The fourth-order valence-electron chi connectivity index (χ4n) is 1.08. The standard InChI is InChI=1S/C6H13NO/c1-6(2)3-5(7)4-8-6/h5H,3-4,7H2,1-2H3. The van der Waals surface area contributed by atoms with Crippen LogP contribution in [0.15, 0.2) is 0 Å². The van der Waals surface area contributed by atoms with Crippen LogP contribution in [0.2, 0.25) is 0 Å². The number of ether oxygens (including phenoxy) is 1. The second-order valence-electron chi connectivity index (χ2n) is 3.03. The average Bonchev–Trinajstić information content (AvgIpc) is 1.82. The van der Waals surface area contributed by atoms with E-state index < -0.39 is 0 Å². The molecule has 1 aliphatic heterocycles. The van der Waals surface area contributed by atoms with Gasteiger partial charge in [-0.05, 0) is 20.3 Å². The Morgan fingerprint density at radius 3 is 2.38 bits per heavy atom. The van der Waals surface area contributed by atoms with Crippen LogP contribution in [0.25, 0.3) is 0 Å². The molecule has 2 heteroatoms. The molecule has 0 radical (unpaired) electrons. The molecule has 1 saturated heterocycles. The Bertz CT molecular complexity index is 90.5. The summed E-state index contributed by atoms with van der Waals surface area (Å²) in [6.07, 6.45) is 0.993. The molecule has 0 amide bonds. The number of hydrogen-bond acceptors (Lipinski definition) is 2. The Kier molecular flexibility index (Phi) is 1.29. The highest BCUT2D eigenvalue weighted by Crippen LogP contribution is 2.22. The van der Waals surface area contributed by atoms with Gasteiger partial charge in [0.15, 0.2) is 0 Å². The molecule has 1 atom stereocenters. The van der Waals surface area contributed by atoms with E-state index >= 15 is 0 Å². The van der Waals surface area contributed by atoms with Crippen molar-refractivity contribution in [3.05, 3.63) is 0 Å². The van der Waals surface area contributed by atoms with E-state index in [0.717, 1.165) is 13.0 Å². The lowest BCUT2D eigenvalue weighted by atomic mass is 10.0. The third-order valence-electron chi connectivity index (χ3n) is 1.44. The first-order chi connectivity index (χ1) is 3.60. The molecule has 0 saturated carbocycles. The van der Waals surface area contributed by atoms with Crippen LogP contribution in [0.5, 0.6) is 0 Å².